The smallest absolute Gasteiger partial charge is 0.407 e. The van der Waals surface area contributed by atoms with Crippen molar-refractivity contribution in [2.45, 2.75) is 6.10 Å². The first kappa shape index (κ1) is 13.1. The molecular formula is C15H13N3O3. The fraction of sp³-hybridized carbons (Fsp3) is 0.133. The number of amides is 2. The normalized spacial score (nSPS) is 17.0. The number of alkyl carbamates (subject to hydrolysis) is 1. The number of ether oxygens (including phenoxy) is 1. The largest absolute Gasteiger partial charge is 0.439 e. The van der Waals surface area contributed by atoms with E-state index >= 15 is 0 Å². The number of hydrogen-bond acceptors (Lipinski definition) is 4. The van der Waals surface area contributed by atoms with Crippen molar-refractivity contribution in [3.8, 4) is 0 Å². The predicted molar refractivity (Wildman–Crippen MR) is 75.9 cm³/mol. The Balaban J connectivity index is 1.67. The van der Waals surface area contributed by atoms with E-state index < -0.39 is 6.09 Å². The number of rotatable bonds is 3. The number of anilines is 1. The van der Waals surface area contributed by atoms with Crippen LogP contribution in [0.5, 0.6) is 0 Å². The highest BCUT2D eigenvalue weighted by molar-refractivity contribution is 6.04. The molecule has 6 nitrogen and oxygen atoms in total. The highest BCUT2D eigenvalue weighted by Gasteiger charge is 2.23. The number of nitrogens with one attached hydrogen (secondary N) is 2. The van der Waals surface area contributed by atoms with Gasteiger partial charge in [-0.05, 0) is 29.8 Å². The van der Waals surface area contributed by atoms with Gasteiger partial charge in [0.05, 0.1) is 6.54 Å². The summed E-state index contributed by atoms with van der Waals surface area (Å²) in [6.07, 6.45) is 2.45. The molecule has 0 aliphatic carbocycles. The van der Waals surface area contributed by atoms with Gasteiger partial charge in [-0.15, -0.1) is 0 Å². The molecule has 3 rings (SSSR count). The summed E-state index contributed by atoms with van der Waals surface area (Å²) in [6, 6.07) is 10.5. The van der Waals surface area contributed by atoms with Crippen LogP contribution < -0.4 is 10.6 Å². The summed E-state index contributed by atoms with van der Waals surface area (Å²) >= 11 is 0. The summed E-state index contributed by atoms with van der Waals surface area (Å²) in [5.41, 5.74) is 2.11. The Morgan fingerprint density at radius 3 is 2.52 bits per heavy atom. The number of aromatic nitrogens is 1. The van der Waals surface area contributed by atoms with Crippen LogP contribution >= 0.6 is 0 Å². The third-order valence-corrected chi connectivity index (χ3v) is 3.16. The average Bonchev–Trinajstić information content (AvgIpc) is 2.95. The number of carbonyl (C=O) groups excluding carboxylic acids is 2. The minimum atomic E-state index is -0.407. The highest BCUT2D eigenvalue weighted by Crippen LogP contribution is 2.22. The zero-order valence-corrected chi connectivity index (χ0v) is 11.1. The molecule has 1 fully saturated rings. The third kappa shape index (κ3) is 3.00. The van der Waals surface area contributed by atoms with Crippen molar-refractivity contribution in [2.75, 3.05) is 11.9 Å². The predicted octanol–water partition coefficient (Wildman–Crippen LogP) is 2.11. The molecule has 1 aromatic carbocycles. The van der Waals surface area contributed by atoms with Crippen LogP contribution in [-0.4, -0.2) is 23.5 Å². The van der Waals surface area contributed by atoms with E-state index in [4.69, 9.17) is 4.74 Å². The van der Waals surface area contributed by atoms with E-state index in [0.717, 1.165) is 5.56 Å². The van der Waals surface area contributed by atoms with Crippen LogP contribution in [0, 0.1) is 0 Å². The number of benzene rings is 1. The van der Waals surface area contributed by atoms with E-state index in [1.54, 1.807) is 36.7 Å². The first-order valence-electron chi connectivity index (χ1n) is 6.48. The van der Waals surface area contributed by atoms with Gasteiger partial charge in [-0.1, -0.05) is 12.1 Å². The van der Waals surface area contributed by atoms with Gasteiger partial charge >= 0.3 is 6.09 Å². The number of cyclic esters (lactones) is 1. The van der Waals surface area contributed by atoms with Crippen LogP contribution in [0.25, 0.3) is 0 Å². The Hall–Kier alpha value is -2.89. The molecule has 2 heterocycles. The van der Waals surface area contributed by atoms with Crippen molar-refractivity contribution in [3.05, 3.63) is 59.9 Å². The van der Waals surface area contributed by atoms with Crippen LogP contribution in [0.4, 0.5) is 10.5 Å². The maximum absolute atomic E-state index is 12.0. The van der Waals surface area contributed by atoms with Crippen molar-refractivity contribution in [1.29, 1.82) is 0 Å². The summed E-state index contributed by atoms with van der Waals surface area (Å²) in [5, 5.41) is 5.39. The molecule has 2 amide bonds. The summed E-state index contributed by atoms with van der Waals surface area (Å²) in [7, 11) is 0. The van der Waals surface area contributed by atoms with Crippen molar-refractivity contribution in [1.82, 2.24) is 10.3 Å². The molecule has 21 heavy (non-hydrogen) atoms. The van der Waals surface area contributed by atoms with Gasteiger partial charge in [0.2, 0.25) is 0 Å². The standard InChI is InChI=1S/C15H13N3O3/c19-14(11-5-7-16-8-6-11)18-12-3-1-10(2-4-12)13-9-17-15(20)21-13/h1-8,13H,9H2,(H,17,20)(H,18,19). The highest BCUT2D eigenvalue weighted by atomic mass is 16.6. The molecule has 0 spiro atoms. The van der Waals surface area contributed by atoms with Gasteiger partial charge in [0.15, 0.2) is 0 Å². The molecule has 1 atom stereocenters. The molecule has 1 aliphatic heterocycles. The maximum Gasteiger partial charge on any atom is 0.407 e. The SMILES string of the molecule is O=C1NCC(c2ccc(NC(=O)c3ccncc3)cc2)O1. The maximum atomic E-state index is 12.0. The van der Waals surface area contributed by atoms with Crippen molar-refractivity contribution in [2.24, 2.45) is 0 Å². The first-order chi connectivity index (χ1) is 10.2. The molecule has 1 saturated heterocycles. The lowest BCUT2D eigenvalue weighted by atomic mass is 10.1. The molecule has 1 aromatic heterocycles. The lowest BCUT2D eigenvalue weighted by Crippen LogP contribution is -2.12. The second kappa shape index (κ2) is 5.62. The van der Waals surface area contributed by atoms with E-state index in [-0.39, 0.29) is 12.0 Å². The first-order valence-corrected chi connectivity index (χ1v) is 6.48. The molecule has 2 N–H and O–H groups in total. The van der Waals surface area contributed by atoms with E-state index in [1.165, 1.54) is 0 Å². The monoisotopic (exact) mass is 283 g/mol. The number of pyridine rings is 1. The zero-order valence-electron chi connectivity index (χ0n) is 11.1. The summed E-state index contributed by atoms with van der Waals surface area (Å²) in [6.45, 7) is 0.460. The lowest BCUT2D eigenvalue weighted by Gasteiger charge is -2.09. The number of nitrogens with zero attached hydrogens (tertiary/aromatic N) is 1. The summed E-state index contributed by atoms with van der Waals surface area (Å²) in [5.74, 6) is -0.195. The Kier molecular flexibility index (Phi) is 3.51. The number of carbonyl (C=O) groups is 2. The Labute approximate surface area is 121 Å². The van der Waals surface area contributed by atoms with E-state index in [9.17, 15) is 9.59 Å². The fourth-order valence-electron chi connectivity index (χ4n) is 2.06. The minimum Gasteiger partial charge on any atom is -0.439 e. The Morgan fingerprint density at radius 1 is 1.19 bits per heavy atom. The summed E-state index contributed by atoms with van der Waals surface area (Å²) in [4.78, 5) is 26.8. The Bertz CT molecular complexity index is 656. The van der Waals surface area contributed by atoms with Gasteiger partial charge in [0, 0.05) is 23.6 Å². The van der Waals surface area contributed by atoms with Crippen LogP contribution in [0.3, 0.4) is 0 Å². The zero-order chi connectivity index (χ0) is 14.7. The van der Waals surface area contributed by atoms with Gasteiger partial charge in [-0.2, -0.15) is 0 Å². The second-order valence-electron chi connectivity index (χ2n) is 4.59. The topological polar surface area (TPSA) is 80.3 Å². The van der Waals surface area contributed by atoms with Crippen LogP contribution in [0.1, 0.15) is 22.0 Å². The molecule has 0 bridgehead atoms. The third-order valence-electron chi connectivity index (χ3n) is 3.16. The fourth-order valence-corrected chi connectivity index (χ4v) is 2.06. The number of hydrogen-bond donors (Lipinski definition) is 2. The molecule has 0 radical (unpaired) electrons. The van der Waals surface area contributed by atoms with Crippen LogP contribution in [0.15, 0.2) is 48.8 Å². The van der Waals surface area contributed by atoms with Crippen molar-refractivity contribution < 1.29 is 14.3 Å². The van der Waals surface area contributed by atoms with E-state index in [2.05, 4.69) is 15.6 Å². The molecule has 106 valence electrons. The van der Waals surface area contributed by atoms with E-state index in [1.807, 2.05) is 12.1 Å². The van der Waals surface area contributed by atoms with Crippen molar-refractivity contribution in [3.63, 3.8) is 0 Å². The summed E-state index contributed by atoms with van der Waals surface area (Å²) < 4.78 is 5.09. The lowest BCUT2D eigenvalue weighted by molar-refractivity contribution is 0.102. The average molecular weight is 283 g/mol. The van der Waals surface area contributed by atoms with E-state index in [0.29, 0.717) is 17.8 Å². The molecular weight excluding hydrogens is 270 g/mol. The molecule has 2 aromatic rings. The van der Waals surface area contributed by atoms with Gasteiger partial charge < -0.3 is 15.4 Å². The van der Waals surface area contributed by atoms with Gasteiger partial charge in [-0.3, -0.25) is 9.78 Å². The quantitative estimate of drug-likeness (QED) is 0.904. The van der Waals surface area contributed by atoms with Crippen LogP contribution in [-0.2, 0) is 4.74 Å². The van der Waals surface area contributed by atoms with Gasteiger partial charge in [0.1, 0.15) is 6.10 Å². The molecule has 1 unspecified atom stereocenters. The molecule has 0 saturated carbocycles. The minimum absolute atomic E-state index is 0.195. The van der Waals surface area contributed by atoms with Gasteiger partial charge in [-0.25, -0.2) is 4.79 Å². The molecule has 1 aliphatic rings. The van der Waals surface area contributed by atoms with Crippen LogP contribution in [0.2, 0.25) is 0 Å². The Morgan fingerprint density at radius 2 is 1.90 bits per heavy atom. The molecule has 6 heteroatoms. The van der Waals surface area contributed by atoms with Gasteiger partial charge in [0.25, 0.3) is 5.91 Å². The second-order valence-corrected chi connectivity index (χ2v) is 4.59. The van der Waals surface area contributed by atoms with Crippen molar-refractivity contribution >= 4 is 17.7 Å².